The second-order valence-electron chi connectivity index (χ2n) is 7.18. The van der Waals surface area contributed by atoms with Crippen molar-refractivity contribution in [3.8, 4) is 0 Å². The van der Waals surface area contributed by atoms with Gasteiger partial charge in [0.05, 0.1) is 6.04 Å². The number of nitrogens with one attached hydrogen (secondary N) is 4. The van der Waals surface area contributed by atoms with Crippen molar-refractivity contribution in [3.63, 3.8) is 0 Å². The third kappa shape index (κ3) is 8.14. The van der Waals surface area contributed by atoms with Crippen LogP contribution in [-0.2, 0) is 9.59 Å². The van der Waals surface area contributed by atoms with Gasteiger partial charge in [0.2, 0.25) is 11.8 Å². The van der Waals surface area contributed by atoms with Crippen LogP contribution in [0.1, 0.15) is 52.9 Å². The van der Waals surface area contributed by atoms with Crippen molar-refractivity contribution < 1.29 is 19.5 Å². The summed E-state index contributed by atoms with van der Waals surface area (Å²) in [6.45, 7) is 6.82. The molecule has 24 heavy (non-hydrogen) atoms. The Morgan fingerprint density at radius 3 is 2.50 bits per heavy atom. The van der Waals surface area contributed by atoms with E-state index in [4.69, 9.17) is 5.11 Å². The first-order valence-electron chi connectivity index (χ1n) is 8.51. The molecule has 1 aliphatic heterocycles. The third-order valence-corrected chi connectivity index (χ3v) is 3.70. The number of carbonyl (C=O) groups is 3. The summed E-state index contributed by atoms with van der Waals surface area (Å²) in [6, 6.07) is -0.840. The fourth-order valence-corrected chi connectivity index (χ4v) is 2.57. The zero-order valence-corrected chi connectivity index (χ0v) is 14.8. The highest BCUT2D eigenvalue weighted by atomic mass is 16.4. The molecule has 0 saturated carbocycles. The SMILES string of the molecule is CC(C)(C)NC(=O)[C@H](CCCCNC(=O)O)NC(=O)[C@@H]1CCCN1. The lowest BCUT2D eigenvalue weighted by molar-refractivity contribution is -0.130. The van der Waals surface area contributed by atoms with Gasteiger partial charge in [0, 0.05) is 12.1 Å². The summed E-state index contributed by atoms with van der Waals surface area (Å²) in [5.41, 5.74) is -0.378. The largest absolute Gasteiger partial charge is 0.465 e. The molecule has 0 spiro atoms. The summed E-state index contributed by atoms with van der Waals surface area (Å²) in [4.78, 5) is 35.1. The second kappa shape index (κ2) is 9.46. The molecule has 8 heteroatoms. The molecule has 5 N–H and O–H groups in total. The van der Waals surface area contributed by atoms with Gasteiger partial charge in [-0.3, -0.25) is 9.59 Å². The summed E-state index contributed by atoms with van der Waals surface area (Å²) in [7, 11) is 0. The summed E-state index contributed by atoms with van der Waals surface area (Å²) < 4.78 is 0. The maximum atomic E-state index is 12.4. The van der Waals surface area contributed by atoms with Crippen molar-refractivity contribution in [2.24, 2.45) is 0 Å². The molecule has 0 aromatic carbocycles. The molecular formula is C16H30N4O4. The van der Waals surface area contributed by atoms with Crippen LogP contribution in [0.4, 0.5) is 4.79 Å². The van der Waals surface area contributed by atoms with Gasteiger partial charge in [-0.1, -0.05) is 0 Å². The van der Waals surface area contributed by atoms with Crippen LogP contribution in [0.5, 0.6) is 0 Å². The van der Waals surface area contributed by atoms with Gasteiger partial charge >= 0.3 is 6.09 Å². The number of hydrogen-bond acceptors (Lipinski definition) is 4. The lowest BCUT2D eigenvalue weighted by Gasteiger charge is -2.26. The van der Waals surface area contributed by atoms with Crippen molar-refractivity contribution >= 4 is 17.9 Å². The van der Waals surface area contributed by atoms with E-state index in [2.05, 4.69) is 21.3 Å². The van der Waals surface area contributed by atoms with E-state index in [-0.39, 0.29) is 23.4 Å². The fourth-order valence-electron chi connectivity index (χ4n) is 2.57. The van der Waals surface area contributed by atoms with Crippen LogP contribution in [-0.4, -0.2) is 53.7 Å². The van der Waals surface area contributed by atoms with Gasteiger partial charge in [0.15, 0.2) is 0 Å². The van der Waals surface area contributed by atoms with Crippen LogP contribution in [0.25, 0.3) is 0 Å². The molecule has 1 heterocycles. The Bertz CT molecular complexity index is 442. The van der Waals surface area contributed by atoms with Gasteiger partial charge < -0.3 is 26.4 Å². The zero-order chi connectivity index (χ0) is 18.2. The van der Waals surface area contributed by atoms with Crippen molar-refractivity contribution in [1.82, 2.24) is 21.3 Å². The maximum Gasteiger partial charge on any atom is 0.404 e. The van der Waals surface area contributed by atoms with Crippen LogP contribution in [0.15, 0.2) is 0 Å². The predicted octanol–water partition coefficient (Wildman–Crippen LogP) is 0.576. The van der Waals surface area contributed by atoms with Crippen molar-refractivity contribution in [2.75, 3.05) is 13.1 Å². The standard InChI is InChI=1S/C16H30N4O4/c1-16(2,3)20-14(22)12(7-4-5-9-18-15(23)24)19-13(21)11-8-6-10-17-11/h11-12,17-18H,4-10H2,1-3H3,(H,19,21)(H,20,22)(H,23,24)/t11-,12-/m0/s1. The van der Waals surface area contributed by atoms with Gasteiger partial charge in [-0.05, 0) is 59.4 Å². The number of unbranched alkanes of at least 4 members (excludes halogenated alkanes) is 1. The topological polar surface area (TPSA) is 120 Å². The van der Waals surface area contributed by atoms with E-state index in [1.54, 1.807) is 0 Å². The van der Waals surface area contributed by atoms with Crippen LogP contribution >= 0.6 is 0 Å². The van der Waals surface area contributed by atoms with E-state index in [0.717, 1.165) is 19.4 Å². The molecule has 0 aliphatic carbocycles. The van der Waals surface area contributed by atoms with E-state index in [1.165, 1.54) is 0 Å². The first-order chi connectivity index (χ1) is 11.2. The van der Waals surface area contributed by atoms with E-state index in [9.17, 15) is 14.4 Å². The van der Waals surface area contributed by atoms with Crippen LogP contribution in [0.3, 0.4) is 0 Å². The fraction of sp³-hybridized carbons (Fsp3) is 0.812. The molecule has 138 valence electrons. The van der Waals surface area contributed by atoms with Gasteiger partial charge in [0.25, 0.3) is 0 Å². The summed E-state index contributed by atoms with van der Waals surface area (Å²) in [6.07, 6.45) is 2.41. The normalized spacial score (nSPS) is 18.7. The zero-order valence-electron chi connectivity index (χ0n) is 14.8. The Kier molecular flexibility index (Phi) is 7.97. The Labute approximate surface area is 143 Å². The van der Waals surface area contributed by atoms with E-state index >= 15 is 0 Å². The lowest BCUT2D eigenvalue weighted by Crippen LogP contribution is -2.54. The second-order valence-corrected chi connectivity index (χ2v) is 7.18. The van der Waals surface area contributed by atoms with E-state index < -0.39 is 12.1 Å². The molecule has 1 aliphatic rings. The first kappa shape index (κ1) is 20.2. The van der Waals surface area contributed by atoms with Crippen molar-refractivity contribution in [2.45, 2.75) is 70.5 Å². The lowest BCUT2D eigenvalue weighted by atomic mass is 10.0. The van der Waals surface area contributed by atoms with Gasteiger partial charge in [-0.15, -0.1) is 0 Å². The van der Waals surface area contributed by atoms with Crippen molar-refractivity contribution in [3.05, 3.63) is 0 Å². The average molecular weight is 342 g/mol. The Balaban J connectivity index is 2.52. The number of rotatable bonds is 8. The Hall–Kier alpha value is -1.83. The van der Waals surface area contributed by atoms with E-state index in [0.29, 0.717) is 25.8 Å². The molecule has 3 amide bonds. The Morgan fingerprint density at radius 2 is 1.96 bits per heavy atom. The quantitative estimate of drug-likeness (QED) is 0.413. The summed E-state index contributed by atoms with van der Waals surface area (Å²) >= 11 is 0. The number of carbonyl (C=O) groups excluding carboxylic acids is 2. The number of hydrogen-bond donors (Lipinski definition) is 5. The minimum absolute atomic E-state index is 0.148. The Morgan fingerprint density at radius 1 is 1.25 bits per heavy atom. The third-order valence-electron chi connectivity index (χ3n) is 3.70. The van der Waals surface area contributed by atoms with E-state index in [1.807, 2.05) is 20.8 Å². The molecule has 0 unspecified atom stereocenters. The van der Waals surface area contributed by atoms with Gasteiger partial charge in [-0.25, -0.2) is 4.79 Å². The molecule has 1 rings (SSSR count). The van der Waals surface area contributed by atoms with Crippen molar-refractivity contribution in [1.29, 1.82) is 0 Å². The highest BCUT2D eigenvalue weighted by molar-refractivity contribution is 5.90. The molecule has 0 aromatic heterocycles. The number of amides is 3. The van der Waals surface area contributed by atoms with Gasteiger partial charge in [0.1, 0.15) is 6.04 Å². The molecule has 0 aromatic rings. The summed E-state index contributed by atoms with van der Waals surface area (Å²) in [5.74, 6) is -0.356. The highest BCUT2D eigenvalue weighted by Crippen LogP contribution is 2.09. The molecule has 2 atom stereocenters. The average Bonchev–Trinajstić information content (AvgIpc) is 2.97. The molecule has 1 saturated heterocycles. The molecule has 8 nitrogen and oxygen atoms in total. The monoisotopic (exact) mass is 342 g/mol. The van der Waals surface area contributed by atoms with Gasteiger partial charge in [-0.2, -0.15) is 0 Å². The molecule has 1 fully saturated rings. The molecule has 0 bridgehead atoms. The minimum atomic E-state index is -1.06. The van der Waals surface area contributed by atoms with Crippen LogP contribution in [0.2, 0.25) is 0 Å². The maximum absolute atomic E-state index is 12.4. The summed E-state index contributed by atoms with van der Waals surface area (Å²) in [5, 5.41) is 19.7. The van der Waals surface area contributed by atoms with Crippen LogP contribution < -0.4 is 21.3 Å². The molecule has 0 radical (unpaired) electrons. The molecular weight excluding hydrogens is 312 g/mol. The number of carboxylic acid groups (broad SMARTS) is 1. The first-order valence-corrected chi connectivity index (χ1v) is 8.51. The van der Waals surface area contributed by atoms with Crippen LogP contribution in [0, 0.1) is 0 Å². The predicted molar refractivity (Wildman–Crippen MR) is 90.7 cm³/mol. The minimum Gasteiger partial charge on any atom is -0.465 e. The highest BCUT2D eigenvalue weighted by Gasteiger charge is 2.28. The smallest absolute Gasteiger partial charge is 0.404 e.